The quantitative estimate of drug-likeness (QED) is 0.837. The molecule has 0 saturated heterocycles. The molecule has 1 aromatic rings. The van der Waals surface area contributed by atoms with Gasteiger partial charge in [-0.15, -0.1) is 0 Å². The first-order valence-electron chi connectivity index (χ1n) is 6.23. The van der Waals surface area contributed by atoms with Gasteiger partial charge >= 0.3 is 5.97 Å². The molecule has 0 radical (unpaired) electrons. The SMILES string of the molecule is C=C(CC)N(c1ccc(CC(=O)O)cc1)C(C)C. The Morgan fingerprint density at radius 2 is 1.89 bits per heavy atom. The molecule has 0 aliphatic rings. The lowest BCUT2D eigenvalue weighted by Gasteiger charge is -2.30. The summed E-state index contributed by atoms with van der Waals surface area (Å²) in [6.07, 6.45) is 0.964. The molecule has 0 saturated carbocycles. The molecular weight excluding hydrogens is 226 g/mol. The predicted molar refractivity (Wildman–Crippen MR) is 74.8 cm³/mol. The molecule has 0 atom stereocenters. The van der Waals surface area contributed by atoms with Crippen molar-refractivity contribution in [2.45, 2.75) is 39.7 Å². The maximum Gasteiger partial charge on any atom is 0.307 e. The van der Waals surface area contributed by atoms with E-state index in [4.69, 9.17) is 5.11 Å². The summed E-state index contributed by atoms with van der Waals surface area (Å²) in [5, 5.41) is 8.74. The van der Waals surface area contributed by atoms with Crippen molar-refractivity contribution in [1.82, 2.24) is 0 Å². The van der Waals surface area contributed by atoms with Crippen LogP contribution in [-0.2, 0) is 11.2 Å². The number of carboxylic acids is 1. The van der Waals surface area contributed by atoms with Crippen LogP contribution in [0, 0.1) is 0 Å². The van der Waals surface area contributed by atoms with Gasteiger partial charge in [-0.3, -0.25) is 4.79 Å². The first kappa shape index (κ1) is 14.3. The molecule has 18 heavy (non-hydrogen) atoms. The van der Waals surface area contributed by atoms with Crippen molar-refractivity contribution >= 4 is 11.7 Å². The van der Waals surface area contributed by atoms with Gasteiger partial charge in [0.2, 0.25) is 0 Å². The number of hydrogen-bond donors (Lipinski definition) is 1. The first-order chi connectivity index (χ1) is 8.45. The predicted octanol–water partition coefficient (Wildman–Crippen LogP) is 3.45. The van der Waals surface area contributed by atoms with Crippen LogP contribution < -0.4 is 4.90 Å². The van der Waals surface area contributed by atoms with Crippen LogP contribution in [0.2, 0.25) is 0 Å². The Labute approximate surface area is 109 Å². The molecular formula is C15H21NO2. The van der Waals surface area contributed by atoms with E-state index < -0.39 is 5.97 Å². The van der Waals surface area contributed by atoms with Crippen LogP contribution in [0.25, 0.3) is 0 Å². The van der Waals surface area contributed by atoms with E-state index in [1.165, 1.54) is 0 Å². The van der Waals surface area contributed by atoms with Crippen molar-refractivity contribution in [1.29, 1.82) is 0 Å². The Morgan fingerprint density at radius 1 is 1.33 bits per heavy atom. The van der Waals surface area contributed by atoms with Gasteiger partial charge in [-0.1, -0.05) is 25.6 Å². The molecule has 0 unspecified atom stereocenters. The lowest BCUT2D eigenvalue weighted by atomic mass is 10.1. The zero-order valence-corrected chi connectivity index (χ0v) is 11.3. The lowest BCUT2D eigenvalue weighted by Crippen LogP contribution is -2.29. The molecule has 1 aromatic carbocycles. The third-order valence-electron chi connectivity index (χ3n) is 2.84. The highest BCUT2D eigenvalue weighted by atomic mass is 16.4. The van der Waals surface area contributed by atoms with Gasteiger partial charge in [0, 0.05) is 17.4 Å². The Bertz CT molecular complexity index is 421. The zero-order valence-electron chi connectivity index (χ0n) is 11.3. The summed E-state index contributed by atoms with van der Waals surface area (Å²) in [6, 6.07) is 7.98. The molecule has 0 aromatic heterocycles. The summed E-state index contributed by atoms with van der Waals surface area (Å²) < 4.78 is 0. The topological polar surface area (TPSA) is 40.5 Å². The second-order valence-electron chi connectivity index (χ2n) is 4.62. The number of carbonyl (C=O) groups is 1. The van der Waals surface area contributed by atoms with Gasteiger partial charge in [0.15, 0.2) is 0 Å². The summed E-state index contributed by atoms with van der Waals surface area (Å²) >= 11 is 0. The van der Waals surface area contributed by atoms with Crippen LogP contribution in [0.3, 0.4) is 0 Å². The van der Waals surface area contributed by atoms with Crippen LogP contribution >= 0.6 is 0 Å². The molecule has 0 amide bonds. The molecule has 0 aliphatic heterocycles. The fraction of sp³-hybridized carbons (Fsp3) is 0.400. The average molecular weight is 247 g/mol. The van der Waals surface area contributed by atoms with Gasteiger partial charge in [-0.25, -0.2) is 0 Å². The third-order valence-corrected chi connectivity index (χ3v) is 2.84. The van der Waals surface area contributed by atoms with E-state index in [0.29, 0.717) is 6.04 Å². The first-order valence-corrected chi connectivity index (χ1v) is 6.23. The van der Waals surface area contributed by atoms with E-state index in [0.717, 1.165) is 23.4 Å². The van der Waals surface area contributed by atoms with Gasteiger partial charge in [0.1, 0.15) is 0 Å². The highest BCUT2D eigenvalue weighted by Gasteiger charge is 2.12. The van der Waals surface area contributed by atoms with Crippen molar-refractivity contribution < 1.29 is 9.90 Å². The van der Waals surface area contributed by atoms with Crippen LogP contribution in [-0.4, -0.2) is 17.1 Å². The van der Waals surface area contributed by atoms with Crippen molar-refractivity contribution in [3.63, 3.8) is 0 Å². The molecule has 0 fully saturated rings. The fourth-order valence-corrected chi connectivity index (χ4v) is 1.97. The highest BCUT2D eigenvalue weighted by molar-refractivity contribution is 5.70. The van der Waals surface area contributed by atoms with Crippen LogP contribution in [0.15, 0.2) is 36.5 Å². The van der Waals surface area contributed by atoms with E-state index in [9.17, 15) is 4.79 Å². The number of anilines is 1. The molecule has 0 spiro atoms. The van der Waals surface area contributed by atoms with Crippen LogP contribution in [0.1, 0.15) is 32.8 Å². The zero-order chi connectivity index (χ0) is 13.7. The van der Waals surface area contributed by atoms with Crippen molar-refractivity contribution in [3.8, 4) is 0 Å². The Hall–Kier alpha value is -1.77. The molecule has 0 heterocycles. The minimum absolute atomic E-state index is 0.0662. The van der Waals surface area contributed by atoms with Crippen molar-refractivity contribution in [2.75, 3.05) is 4.90 Å². The summed E-state index contributed by atoms with van der Waals surface area (Å²) in [5.74, 6) is -0.804. The molecule has 3 heteroatoms. The maximum atomic E-state index is 10.6. The smallest absolute Gasteiger partial charge is 0.307 e. The van der Waals surface area contributed by atoms with E-state index in [1.54, 1.807) is 0 Å². The Balaban J connectivity index is 2.94. The number of allylic oxidation sites excluding steroid dienone is 1. The van der Waals surface area contributed by atoms with Crippen molar-refractivity contribution in [3.05, 3.63) is 42.1 Å². The van der Waals surface area contributed by atoms with E-state index >= 15 is 0 Å². The second-order valence-corrected chi connectivity index (χ2v) is 4.62. The fourth-order valence-electron chi connectivity index (χ4n) is 1.97. The average Bonchev–Trinajstić information content (AvgIpc) is 2.30. The summed E-state index contributed by atoms with van der Waals surface area (Å²) in [7, 11) is 0. The normalized spacial score (nSPS) is 10.4. The third kappa shape index (κ3) is 3.62. The monoisotopic (exact) mass is 247 g/mol. The minimum atomic E-state index is -0.804. The van der Waals surface area contributed by atoms with E-state index in [2.05, 4.69) is 32.3 Å². The molecule has 3 nitrogen and oxygen atoms in total. The molecule has 0 bridgehead atoms. The number of benzene rings is 1. The van der Waals surface area contributed by atoms with Crippen molar-refractivity contribution in [2.24, 2.45) is 0 Å². The Morgan fingerprint density at radius 3 is 2.28 bits per heavy atom. The van der Waals surface area contributed by atoms with E-state index in [1.807, 2.05) is 24.3 Å². The number of carboxylic acid groups (broad SMARTS) is 1. The molecule has 1 N–H and O–H groups in total. The highest BCUT2D eigenvalue weighted by Crippen LogP contribution is 2.23. The number of nitrogens with zero attached hydrogens (tertiary/aromatic N) is 1. The van der Waals surface area contributed by atoms with Crippen LogP contribution in [0.4, 0.5) is 5.69 Å². The Kier molecular flexibility index (Phi) is 4.95. The number of hydrogen-bond acceptors (Lipinski definition) is 2. The molecule has 1 rings (SSSR count). The molecule has 0 aliphatic carbocycles. The van der Waals surface area contributed by atoms with Gasteiger partial charge in [0.25, 0.3) is 0 Å². The largest absolute Gasteiger partial charge is 0.481 e. The van der Waals surface area contributed by atoms with Gasteiger partial charge in [-0.05, 0) is 38.0 Å². The van der Waals surface area contributed by atoms with Gasteiger partial charge in [-0.2, -0.15) is 0 Å². The number of aliphatic carboxylic acids is 1. The summed E-state index contributed by atoms with van der Waals surface area (Å²) in [5.41, 5.74) is 2.94. The number of rotatable bonds is 6. The lowest BCUT2D eigenvalue weighted by molar-refractivity contribution is -0.136. The van der Waals surface area contributed by atoms with Crippen LogP contribution in [0.5, 0.6) is 0 Å². The standard InChI is InChI=1S/C15H21NO2/c1-5-12(4)16(11(2)3)14-8-6-13(7-9-14)10-15(17)18/h6-9,11H,4-5,10H2,1-3H3,(H,17,18). The second kappa shape index (κ2) is 6.24. The minimum Gasteiger partial charge on any atom is -0.481 e. The summed E-state index contributed by atoms with van der Waals surface area (Å²) in [6.45, 7) is 10.4. The maximum absolute atomic E-state index is 10.6. The molecule has 98 valence electrons. The van der Waals surface area contributed by atoms with Gasteiger partial charge < -0.3 is 10.0 Å². The van der Waals surface area contributed by atoms with Gasteiger partial charge in [0.05, 0.1) is 6.42 Å². The van der Waals surface area contributed by atoms with E-state index in [-0.39, 0.29) is 6.42 Å². The summed E-state index contributed by atoms with van der Waals surface area (Å²) in [4.78, 5) is 12.8.